The Balaban J connectivity index is 1.76. The fourth-order valence-corrected chi connectivity index (χ4v) is 5.10. The summed E-state index contributed by atoms with van der Waals surface area (Å²) < 4.78 is 14.7. The van der Waals surface area contributed by atoms with Crippen molar-refractivity contribution >= 4 is 35.2 Å². The van der Waals surface area contributed by atoms with Crippen LogP contribution in [-0.4, -0.2) is 41.8 Å². The molecular weight excluding hydrogens is 508 g/mol. The summed E-state index contributed by atoms with van der Waals surface area (Å²) in [5.41, 5.74) is 4.55. The first-order chi connectivity index (χ1) is 16.1. The summed E-state index contributed by atoms with van der Waals surface area (Å²) in [5, 5.41) is 6.06. The van der Waals surface area contributed by atoms with Crippen molar-refractivity contribution in [3.63, 3.8) is 0 Å². The van der Waals surface area contributed by atoms with Crippen molar-refractivity contribution in [1.29, 1.82) is 0 Å². The van der Waals surface area contributed by atoms with Gasteiger partial charge in [0.2, 0.25) is 0 Å². The van der Waals surface area contributed by atoms with Gasteiger partial charge in [-0.3, -0.25) is 4.68 Å². The van der Waals surface area contributed by atoms with E-state index >= 15 is 0 Å². The molecule has 0 aliphatic heterocycles. The van der Waals surface area contributed by atoms with Crippen molar-refractivity contribution in [3.8, 4) is 28.3 Å². The number of hydrogen-bond acceptors (Lipinski definition) is 5. The number of methoxy groups -OCH3 is 1. The first-order valence-corrected chi connectivity index (χ1v) is 15.1. The molecule has 2 heterocycles. The van der Waals surface area contributed by atoms with Crippen LogP contribution in [0, 0.1) is 0 Å². The second-order valence-electron chi connectivity index (χ2n) is 9.86. The zero-order chi connectivity index (χ0) is 24.5. The molecule has 0 unspecified atom stereocenters. The minimum Gasteiger partial charge on any atom is -0.495 e. The molecule has 0 saturated heterocycles. The van der Waals surface area contributed by atoms with E-state index in [-0.39, 0.29) is 5.04 Å². The van der Waals surface area contributed by atoms with Crippen LogP contribution in [-0.2, 0) is 11.0 Å². The minimum absolute atomic E-state index is 0.172. The molecule has 0 bridgehead atoms. The zero-order valence-electron chi connectivity index (χ0n) is 20.6. The highest BCUT2D eigenvalue weighted by molar-refractivity contribution is 9.10. The Labute approximate surface area is 210 Å². The largest absolute Gasteiger partial charge is 0.495 e. The molecule has 0 fully saturated rings. The molecule has 0 N–H and O–H groups in total. The Morgan fingerprint density at radius 3 is 2.44 bits per heavy atom. The summed E-state index contributed by atoms with van der Waals surface area (Å²) in [7, 11) is -0.174. The van der Waals surface area contributed by atoms with Gasteiger partial charge in [-0.1, -0.05) is 51.1 Å². The minimum atomic E-state index is -1.82. The number of aromatic nitrogens is 4. The van der Waals surface area contributed by atoms with Gasteiger partial charge in [0.25, 0.3) is 0 Å². The van der Waals surface area contributed by atoms with Crippen LogP contribution in [0.1, 0.15) is 20.8 Å². The summed E-state index contributed by atoms with van der Waals surface area (Å²) in [4.78, 5) is 9.15. The lowest BCUT2D eigenvalue weighted by atomic mass is 10.0. The van der Waals surface area contributed by atoms with Crippen molar-refractivity contribution in [2.24, 2.45) is 0 Å². The molecule has 4 rings (SSSR count). The average Bonchev–Trinajstić information content (AvgIpc) is 3.22. The van der Waals surface area contributed by atoms with Crippen molar-refractivity contribution in [2.45, 2.75) is 45.4 Å². The molecule has 0 spiro atoms. The molecule has 0 amide bonds. The van der Waals surface area contributed by atoms with Crippen LogP contribution in [0.5, 0.6) is 5.75 Å². The first kappa shape index (κ1) is 24.6. The van der Waals surface area contributed by atoms with E-state index in [1.165, 1.54) is 0 Å². The maximum Gasteiger partial charge on any atom is 0.192 e. The molecule has 4 aromatic rings. The summed E-state index contributed by atoms with van der Waals surface area (Å²) >= 11 is 3.61. The van der Waals surface area contributed by atoms with Crippen LogP contribution >= 0.6 is 15.9 Å². The fourth-order valence-electron chi connectivity index (χ4n) is 3.56. The third-order valence-corrected chi connectivity index (χ3v) is 11.7. The Bertz CT molecular complexity index is 1300. The van der Waals surface area contributed by atoms with Crippen LogP contribution in [0.4, 0.5) is 0 Å². The van der Waals surface area contributed by atoms with E-state index in [4.69, 9.17) is 14.3 Å². The standard InChI is InChI=1S/C26H31BrN4O2Si/c1-26(2,3)34(5,6)33-13-12-31-16-20(24(30-31)18-10-8-7-9-11-18)25-19-14-21(27)23(32-4)15-22(19)28-17-29-25/h7-11,14-17H,12-13H2,1-6H3. The third kappa shape index (κ3) is 4.94. The van der Waals surface area contributed by atoms with Crippen molar-refractivity contribution < 1.29 is 9.16 Å². The van der Waals surface area contributed by atoms with Crippen LogP contribution in [0.2, 0.25) is 18.1 Å². The van der Waals surface area contributed by atoms with E-state index in [1.807, 2.05) is 35.0 Å². The summed E-state index contributed by atoms with van der Waals surface area (Å²) in [6.07, 6.45) is 3.66. The van der Waals surface area contributed by atoms with E-state index in [2.05, 4.69) is 78.1 Å². The molecule has 34 heavy (non-hydrogen) atoms. The number of fused-ring (bicyclic) bond motifs is 1. The number of halogens is 1. The lowest BCUT2D eigenvalue weighted by Gasteiger charge is -2.36. The molecule has 0 radical (unpaired) electrons. The van der Waals surface area contributed by atoms with E-state index in [0.29, 0.717) is 13.2 Å². The summed E-state index contributed by atoms with van der Waals surface area (Å²) in [6.45, 7) is 12.6. The molecule has 0 aliphatic carbocycles. The lowest BCUT2D eigenvalue weighted by molar-refractivity contribution is 0.266. The Kier molecular flexibility index (Phi) is 6.94. The van der Waals surface area contributed by atoms with Gasteiger partial charge in [-0.05, 0) is 40.1 Å². The molecule has 0 aliphatic rings. The molecule has 6 nitrogen and oxygen atoms in total. The monoisotopic (exact) mass is 538 g/mol. The Hall–Kier alpha value is -2.55. The molecule has 178 valence electrons. The van der Waals surface area contributed by atoms with Crippen molar-refractivity contribution in [1.82, 2.24) is 19.7 Å². The van der Waals surface area contributed by atoms with E-state index in [1.54, 1.807) is 13.4 Å². The van der Waals surface area contributed by atoms with Gasteiger partial charge in [-0.2, -0.15) is 5.10 Å². The number of hydrogen-bond donors (Lipinski definition) is 0. The van der Waals surface area contributed by atoms with Crippen LogP contribution < -0.4 is 4.74 Å². The normalized spacial score (nSPS) is 12.3. The maximum absolute atomic E-state index is 6.40. The van der Waals surface area contributed by atoms with Gasteiger partial charge < -0.3 is 9.16 Å². The van der Waals surface area contributed by atoms with E-state index in [9.17, 15) is 0 Å². The quantitative estimate of drug-likeness (QED) is 0.238. The molecule has 0 saturated carbocycles. The van der Waals surface area contributed by atoms with Gasteiger partial charge in [0, 0.05) is 28.8 Å². The molecule has 2 aromatic carbocycles. The number of benzene rings is 2. The van der Waals surface area contributed by atoms with Crippen molar-refractivity contribution in [2.75, 3.05) is 13.7 Å². The summed E-state index contributed by atoms with van der Waals surface area (Å²) in [6, 6.07) is 14.1. The Morgan fingerprint density at radius 1 is 1.03 bits per heavy atom. The predicted molar refractivity (Wildman–Crippen MR) is 144 cm³/mol. The topological polar surface area (TPSA) is 62.1 Å². The summed E-state index contributed by atoms with van der Waals surface area (Å²) in [5.74, 6) is 0.735. The van der Waals surface area contributed by atoms with Gasteiger partial charge >= 0.3 is 0 Å². The second kappa shape index (κ2) is 9.60. The van der Waals surface area contributed by atoms with Gasteiger partial charge in [0.1, 0.15) is 17.8 Å². The smallest absolute Gasteiger partial charge is 0.192 e. The number of rotatable bonds is 7. The predicted octanol–water partition coefficient (Wildman–Crippen LogP) is 6.95. The SMILES string of the molecule is COc1cc2ncnc(-c3cn(CCO[Si](C)(C)C(C)(C)C)nc3-c3ccccc3)c2cc1Br. The van der Waals surface area contributed by atoms with Crippen LogP contribution in [0.25, 0.3) is 33.4 Å². The van der Waals surface area contributed by atoms with Gasteiger partial charge in [0.05, 0.1) is 35.9 Å². The van der Waals surface area contributed by atoms with E-state index in [0.717, 1.165) is 43.6 Å². The van der Waals surface area contributed by atoms with Crippen molar-refractivity contribution in [3.05, 3.63) is 59.5 Å². The highest BCUT2D eigenvalue weighted by Crippen LogP contribution is 2.38. The zero-order valence-corrected chi connectivity index (χ0v) is 23.2. The van der Waals surface area contributed by atoms with Crippen LogP contribution in [0.15, 0.2) is 59.5 Å². The highest BCUT2D eigenvalue weighted by Gasteiger charge is 2.36. The third-order valence-electron chi connectivity index (χ3n) is 6.56. The first-order valence-electron chi connectivity index (χ1n) is 11.4. The van der Waals surface area contributed by atoms with Gasteiger partial charge in [0.15, 0.2) is 8.32 Å². The molecule has 2 aromatic heterocycles. The second-order valence-corrected chi connectivity index (χ2v) is 15.5. The van der Waals surface area contributed by atoms with E-state index < -0.39 is 8.32 Å². The maximum atomic E-state index is 6.40. The average molecular weight is 540 g/mol. The fraction of sp³-hybridized carbons (Fsp3) is 0.346. The van der Waals surface area contributed by atoms with Gasteiger partial charge in [-0.15, -0.1) is 0 Å². The Morgan fingerprint density at radius 2 is 1.76 bits per heavy atom. The highest BCUT2D eigenvalue weighted by atomic mass is 79.9. The van der Waals surface area contributed by atoms with Crippen LogP contribution in [0.3, 0.4) is 0 Å². The number of ether oxygens (including phenoxy) is 1. The van der Waals surface area contributed by atoms with Gasteiger partial charge in [-0.25, -0.2) is 9.97 Å². The molecule has 8 heteroatoms. The number of nitrogens with zero attached hydrogens (tertiary/aromatic N) is 4. The lowest BCUT2D eigenvalue weighted by Crippen LogP contribution is -2.41. The molecular formula is C26H31BrN4O2Si. The molecule has 0 atom stereocenters.